The predicted molar refractivity (Wildman–Crippen MR) is 138 cm³/mol. The summed E-state index contributed by atoms with van der Waals surface area (Å²) in [4.78, 5) is 16.9. The molecule has 174 valence electrons. The summed E-state index contributed by atoms with van der Waals surface area (Å²) in [6, 6.07) is 21.4. The highest BCUT2D eigenvalue weighted by atomic mass is 35.5. The SMILES string of the molecule is COc1ccc2oc(-c3ccc(NC(=O)/C=C/c4ccc(-c5cc(Cl)cc(Cl)c5)o4)cc3)nc2c1. The van der Waals surface area contributed by atoms with Crippen molar-refractivity contribution in [1.82, 2.24) is 4.98 Å². The number of fused-ring (bicyclic) bond motifs is 1. The van der Waals surface area contributed by atoms with Gasteiger partial charge >= 0.3 is 0 Å². The van der Waals surface area contributed by atoms with Gasteiger partial charge in [-0.1, -0.05) is 23.2 Å². The van der Waals surface area contributed by atoms with E-state index in [0.29, 0.717) is 50.0 Å². The van der Waals surface area contributed by atoms with Crippen LogP contribution in [0.4, 0.5) is 5.69 Å². The van der Waals surface area contributed by atoms with Crippen LogP contribution >= 0.6 is 23.2 Å². The first-order valence-electron chi connectivity index (χ1n) is 10.6. The molecule has 1 amide bonds. The number of hydrogen-bond donors (Lipinski definition) is 1. The fraction of sp³-hybridized carbons (Fsp3) is 0.0370. The zero-order valence-corrected chi connectivity index (χ0v) is 19.9. The van der Waals surface area contributed by atoms with Crippen molar-refractivity contribution < 1.29 is 18.4 Å². The molecular formula is C27H18Cl2N2O4. The van der Waals surface area contributed by atoms with Gasteiger partial charge in [0.25, 0.3) is 0 Å². The maximum Gasteiger partial charge on any atom is 0.248 e. The van der Waals surface area contributed by atoms with Crippen molar-refractivity contribution >= 4 is 52.0 Å². The van der Waals surface area contributed by atoms with E-state index in [-0.39, 0.29) is 5.91 Å². The summed E-state index contributed by atoms with van der Waals surface area (Å²) >= 11 is 12.1. The van der Waals surface area contributed by atoms with E-state index in [2.05, 4.69) is 10.3 Å². The Hall–Kier alpha value is -4.00. The number of aromatic nitrogens is 1. The second-order valence-corrected chi connectivity index (χ2v) is 8.49. The van der Waals surface area contributed by atoms with Crippen molar-refractivity contribution in [3.8, 4) is 28.5 Å². The molecule has 0 saturated carbocycles. The van der Waals surface area contributed by atoms with E-state index < -0.39 is 0 Å². The quantitative estimate of drug-likeness (QED) is 0.239. The number of nitrogens with zero attached hydrogens (tertiary/aromatic N) is 1. The second-order valence-electron chi connectivity index (χ2n) is 7.61. The summed E-state index contributed by atoms with van der Waals surface area (Å²) in [5, 5.41) is 3.85. The van der Waals surface area contributed by atoms with Gasteiger partial charge in [0.1, 0.15) is 22.8 Å². The Balaban J connectivity index is 1.24. The monoisotopic (exact) mass is 504 g/mol. The van der Waals surface area contributed by atoms with Crippen LogP contribution in [0.5, 0.6) is 5.75 Å². The lowest BCUT2D eigenvalue weighted by Gasteiger charge is -2.02. The van der Waals surface area contributed by atoms with Crippen LogP contribution in [0.25, 0.3) is 40.0 Å². The minimum Gasteiger partial charge on any atom is -0.497 e. The molecule has 0 spiro atoms. The molecule has 8 heteroatoms. The number of rotatable bonds is 6. The molecule has 0 aliphatic carbocycles. The van der Waals surface area contributed by atoms with Gasteiger partial charge in [-0.2, -0.15) is 0 Å². The molecule has 0 aliphatic heterocycles. The summed E-state index contributed by atoms with van der Waals surface area (Å²) in [5.74, 6) is 2.02. The number of anilines is 1. The number of benzene rings is 3. The highest BCUT2D eigenvalue weighted by Crippen LogP contribution is 2.29. The Morgan fingerprint density at radius 3 is 2.43 bits per heavy atom. The van der Waals surface area contributed by atoms with Gasteiger partial charge in [0.05, 0.1) is 7.11 Å². The van der Waals surface area contributed by atoms with E-state index in [4.69, 9.17) is 36.8 Å². The van der Waals surface area contributed by atoms with Gasteiger partial charge in [-0.25, -0.2) is 4.98 Å². The topological polar surface area (TPSA) is 77.5 Å². The maximum atomic E-state index is 12.4. The molecular weight excluding hydrogens is 487 g/mol. The van der Waals surface area contributed by atoms with Crippen LogP contribution in [0.15, 0.2) is 87.7 Å². The molecule has 2 aromatic heterocycles. The first-order chi connectivity index (χ1) is 17.0. The fourth-order valence-corrected chi connectivity index (χ4v) is 4.02. The molecule has 5 rings (SSSR count). The number of ether oxygens (including phenoxy) is 1. The summed E-state index contributed by atoms with van der Waals surface area (Å²) in [7, 11) is 1.60. The molecule has 5 aromatic rings. The van der Waals surface area contributed by atoms with Crippen LogP contribution in [0.1, 0.15) is 5.76 Å². The molecule has 0 bridgehead atoms. The average Bonchev–Trinajstić information content (AvgIpc) is 3.49. The van der Waals surface area contributed by atoms with E-state index in [1.165, 1.54) is 6.08 Å². The molecule has 0 unspecified atom stereocenters. The van der Waals surface area contributed by atoms with Gasteiger partial charge in [0.2, 0.25) is 11.8 Å². The van der Waals surface area contributed by atoms with Crippen molar-refractivity contribution in [3.05, 3.63) is 94.7 Å². The van der Waals surface area contributed by atoms with E-state index >= 15 is 0 Å². The third-order valence-electron chi connectivity index (χ3n) is 5.17. The first kappa shape index (κ1) is 22.8. The molecule has 3 aromatic carbocycles. The van der Waals surface area contributed by atoms with Crippen molar-refractivity contribution in [2.45, 2.75) is 0 Å². The molecule has 0 radical (unpaired) electrons. The van der Waals surface area contributed by atoms with Crippen molar-refractivity contribution in [3.63, 3.8) is 0 Å². The van der Waals surface area contributed by atoms with Crippen molar-refractivity contribution in [2.75, 3.05) is 12.4 Å². The lowest BCUT2D eigenvalue weighted by Crippen LogP contribution is -2.07. The molecule has 35 heavy (non-hydrogen) atoms. The number of carbonyl (C=O) groups excluding carboxylic acids is 1. The number of amides is 1. The molecule has 0 saturated heterocycles. The number of hydrogen-bond acceptors (Lipinski definition) is 5. The Kier molecular flexibility index (Phi) is 6.31. The van der Waals surface area contributed by atoms with Crippen LogP contribution in [-0.4, -0.2) is 18.0 Å². The predicted octanol–water partition coefficient (Wildman–Crippen LogP) is 7.72. The van der Waals surface area contributed by atoms with E-state index in [9.17, 15) is 4.79 Å². The Morgan fingerprint density at radius 2 is 1.69 bits per heavy atom. The summed E-state index contributed by atoms with van der Waals surface area (Å²) in [5.41, 5.74) is 3.56. The molecule has 0 aliphatic rings. The van der Waals surface area contributed by atoms with Crippen LogP contribution < -0.4 is 10.1 Å². The molecule has 0 fully saturated rings. The van der Waals surface area contributed by atoms with Crippen LogP contribution in [0, 0.1) is 0 Å². The van der Waals surface area contributed by atoms with Crippen molar-refractivity contribution in [1.29, 1.82) is 0 Å². The van der Waals surface area contributed by atoms with E-state index in [1.54, 1.807) is 55.7 Å². The highest BCUT2D eigenvalue weighted by molar-refractivity contribution is 6.35. The lowest BCUT2D eigenvalue weighted by atomic mass is 10.2. The first-order valence-corrected chi connectivity index (χ1v) is 11.3. The summed E-state index contributed by atoms with van der Waals surface area (Å²) in [6.45, 7) is 0. The van der Waals surface area contributed by atoms with Gasteiger partial charge in [0.15, 0.2) is 5.58 Å². The van der Waals surface area contributed by atoms with E-state index in [1.807, 2.05) is 30.3 Å². The van der Waals surface area contributed by atoms with Gasteiger partial charge in [-0.3, -0.25) is 4.79 Å². The Morgan fingerprint density at radius 1 is 0.914 bits per heavy atom. The third-order valence-corrected chi connectivity index (χ3v) is 5.60. The lowest BCUT2D eigenvalue weighted by molar-refractivity contribution is -0.111. The number of nitrogens with one attached hydrogen (secondary N) is 1. The van der Waals surface area contributed by atoms with Crippen LogP contribution in [0.3, 0.4) is 0 Å². The minimum atomic E-state index is -0.296. The zero-order chi connectivity index (χ0) is 24.4. The number of oxazole rings is 1. The summed E-state index contributed by atoms with van der Waals surface area (Å²) in [6.07, 6.45) is 2.99. The normalized spacial score (nSPS) is 11.3. The number of halogens is 2. The standard InChI is InChI=1S/C27H18Cl2N2O4/c1-33-22-7-10-25-23(15-22)31-27(35-25)16-2-4-20(5-3-16)30-26(32)11-8-21-6-9-24(34-21)17-12-18(28)14-19(29)13-17/h2-15H,1H3,(H,30,32)/b11-8+. The van der Waals surface area contributed by atoms with Gasteiger partial charge in [-0.05, 0) is 72.8 Å². The van der Waals surface area contributed by atoms with Gasteiger partial charge in [-0.15, -0.1) is 0 Å². The number of furan rings is 1. The molecule has 0 atom stereocenters. The smallest absolute Gasteiger partial charge is 0.248 e. The second kappa shape index (κ2) is 9.70. The van der Waals surface area contributed by atoms with Gasteiger partial charge < -0.3 is 18.9 Å². The number of carbonyl (C=O) groups is 1. The number of methoxy groups -OCH3 is 1. The molecule has 6 nitrogen and oxygen atoms in total. The molecule has 1 N–H and O–H groups in total. The summed E-state index contributed by atoms with van der Waals surface area (Å²) < 4.78 is 16.8. The average molecular weight is 505 g/mol. The fourth-order valence-electron chi connectivity index (χ4n) is 3.49. The zero-order valence-electron chi connectivity index (χ0n) is 18.4. The van der Waals surface area contributed by atoms with Crippen LogP contribution in [0.2, 0.25) is 10.0 Å². The Labute approximate surface area is 210 Å². The minimum absolute atomic E-state index is 0.296. The maximum absolute atomic E-state index is 12.4. The van der Waals surface area contributed by atoms with Gasteiger partial charge in [0, 0.05) is 39.0 Å². The van der Waals surface area contributed by atoms with E-state index in [0.717, 1.165) is 11.1 Å². The third kappa shape index (κ3) is 5.24. The van der Waals surface area contributed by atoms with Crippen molar-refractivity contribution in [2.24, 2.45) is 0 Å². The molecule has 2 heterocycles. The largest absolute Gasteiger partial charge is 0.497 e. The Bertz CT molecular complexity index is 1530. The van der Waals surface area contributed by atoms with Crippen LogP contribution in [-0.2, 0) is 4.79 Å². The highest BCUT2D eigenvalue weighted by Gasteiger charge is 2.10.